The molecule has 5 rings (SSSR count). The number of thioether (sulfide) groups is 1. The first-order valence-corrected chi connectivity index (χ1v) is 15.1. The highest BCUT2D eigenvalue weighted by molar-refractivity contribution is 8.13. The third-order valence-corrected chi connectivity index (χ3v) is 9.10. The monoisotopic (exact) mass is 563 g/mol. The predicted molar refractivity (Wildman–Crippen MR) is 153 cm³/mol. The Labute approximate surface area is 239 Å². The lowest BCUT2D eigenvalue weighted by Gasteiger charge is -2.40. The average Bonchev–Trinajstić information content (AvgIpc) is 3.07. The fraction of sp³-hybridized carbons (Fsp3) is 0.484. The first-order chi connectivity index (χ1) is 19.4. The molecule has 8 nitrogen and oxygen atoms in total. The van der Waals surface area contributed by atoms with Crippen molar-refractivity contribution in [1.82, 2.24) is 15.1 Å². The molecule has 0 aliphatic carbocycles. The van der Waals surface area contributed by atoms with Gasteiger partial charge in [0.1, 0.15) is 12.1 Å². The molecule has 0 aromatic heterocycles. The Hall–Kier alpha value is -3.17. The molecule has 212 valence electrons. The lowest BCUT2D eigenvalue weighted by Crippen LogP contribution is -2.55. The maximum Gasteiger partial charge on any atom is 0.326 e. The normalized spacial score (nSPS) is 23.1. The summed E-state index contributed by atoms with van der Waals surface area (Å²) in [5, 5.41) is 12.9. The number of likely N-dealkylation sites (tertiary alicyclic amines) is 1. The molecular weight excluding hydrogens is 526 g/mol. The minimum atomic E-state index is -1.00. The number of carbonyl (C=O) groups excluding carboxylic acids is 3. The maximum atomic E-state index is 13.6. The van der Waals surface area contributed by atoms with E-state index in [2.05, 4.69) is 10.2 Å². The van der Waals surface area contributed by atoms with Crippen LogP contribution in [0.1, 0.15) is 67.7 Å². The molecule has 0 radical (unpaired) electrons. The molecule has 2 aromatic rings. The van der Waals surface area contributed by atoms with Gasteiger partial charge in [-0.3, -0.25) is 19.3 Å². The van der Waals surface area contributed by atoms with E-state index in [1.807, 2.05) is 48.5 Å². The number of aliphatic carboxylic acids is 1. The van der Waals surface area contributed by atoms with Crippen molar-refractivity contribution in [2.45, 2.75) is 80.8 Å². The van der Waals surface area contributed by atoms with Crippen molar-refractivity contribution < 1.29 is 24.3 Å². The smallest absolute Gasteiger partial charge is 0.326 e. The highest BCUT2D eigenvalue weighted by Gasteiger charge is 2.44. The lowest BCUT2D eigenvalue weighted by atomic mass is 9.89. The zero-order valence-electron chi connectivity index (χ0n) is 22.7. The van der Waals surface area contributed by atoms with Crippen LogP contribution < -0.4 is 5.32 Å². The molecule has 40 heavy (non-hydrogen) atoms. The molecule has 2 saturated heterocycles. The molecule has 3 heterocycles. The zero-order chi connectivity index (χ0) is 28.1. The van der Waals surface area contributed by atoms with Gasteiger partial charge in [0.05, 0.1) is 12.6 Å². The van der Waals surface area contributed by atoms with Gasteiger partial charge in [0.2, 0.25) is 16.9 Å². The molecule has 0 unspecified atom stereocenters. The fourth-order valence-corrected chi connectivity index (χ4v) is 6.99. The van der Waals surface area contributed by atoms with E-state index < -0.39 is 18.1 Å². The fourth-order valence-electron chi connectivity index (χ4n) is 6.21. The molecular formula is C31H37N3O5S. The second-order valence-corrected chi connectivity index (χ2v) is 12.2. The van der Waals surface area contributed by atoms with E-state index in [1.54, 1.807) is 0 Å². The second kappa shape index (κ2) is 13.0. The summed E-state index contributed by atoms with van der Waals surface area (Å²) >= 11 is 1.26. The number of hydrogen-bond donors (Lipinski definition) is 2. The number of carbonyl (C=O) groups is 4. The number of nitrogens with zero attached hydrogens (tertiary/aromatic N) is 2. The van der Waals surface area contributed by atoms with Crippen LogP contribution in [0.3, 0.4) is 0 Å². The largest absolute Gasteiger partial charge is 0.480 e. The van der Waals surface area contributed by atoms with Crippen LogP contribution in [0, 0.1) is 0 Å². The van der Waals surface area contributed by atoms with Gasteiger partial charge >= 0.3 is 5.97 Å². The molecule has 0 saturated carbocycles. The van der Waals surface area contributed by atoms with Crippen LogP contribution >= 0.6 is 11.8 Å². The topological polar surface area (TPSA) is 107 Å². The second-order valence-electron chi connectivity index (χ2n) is 11.0. The van der Waals surface area contributed by atoms with Gasteiger partial charge in [-0.1, -0.05) is 54.6 Å². The van der Waals surface area contributed by atoms with Gasteiger partial charge in [-0.25, -0.2) is 4.79 Å². The Kier molecular flexibility index (Phi) is 9.22. The molecule has 2 aromatic carbocycles. The highest BCUT2D eigenvalue weighted by atomic mass is 32.2. The van der Waals surface area contributed by atoms with Gasteiger partial charge in [0.25, 0.3) is 0 Å². The summed E-state index contributed by atoms with van der Waals surface area (Å²) in [5.41, 5.74) is 2.93. The van der Waals surface area contributed by atoms with E-state index in [-0.39, 0.29) is 29.4 Å². The van der Waals surface area contributed by atoms with Crippen molar-refractivity contribution in [3.8, 4) is 0 Å². The lowest BCUT2D eigenvalue weighted by molar-refractivity contribution is -0.156. The number of nitrogens with one attached hydrogen (secondary N) is 1. The molecule has 2 N–H and O–H groups in total. The van der Waals surface area contributed by atoms with E-state index in [4.69, 9.17) is 0 Å². The highest BCUT2D eigenvalue weighted by Crippen LogP contribution is 2.39. The summed E-state index contributed by atoms with van der Waals surface area (Å²) in [5.74, 6) is -1.57. The summed E-state index contributed by atoms with van der Waals surface area (Å²) in [7, 11) is 0. The standard InChI is InChI=1S/C31H37N3O5S/c35-28(16-13-21-11-14-23(15-12-21)40-29(36)20-33-17-4-1-5-18-33)32-25-19-22-7-2-3-8-24(22)26-9-6-10-27(31(38)39)34(26)30(25)37/h2-3,7-8,11-12,14-15,25-27H,1,4-6,9-10,13,16-20H2,(H,32,35)(H,38,39)/t25-,26+,27-/m1/s1. The predicted octanol–water partition coefficient (Wildman–Crippen LogP) is 3.97. The van der Waals surface area contributed by atoms with Crippen molar-refractivity contribution in [3.63, 3.8) is 0 Å². The van der Waals surface area contributed by atoms with E-state index in [1.165, 1.54) is 23.1 Å². The molecule has 2 amide bonds. The first-order valence-electron chi connectivity index (χ1n) is 14.3. The summed E-state index contributed by atoms with van der Waals surface area (Å²) < 4.78 is 0. The third kappa shape index (κ3) is 6.75. The molecule has 3 aliphatic heterocycles. The Morgan fingerprint density at radius 2 is 1.70 bits per heavy atom. The van der Waals surface area contributed by atoms with Crippen molar-refractivity contribution >= 4 is 34.7 Å². The number of aryl methyl sites for hydroxylation is 1. The summed E-state index contributed by atoms with van der Waals surface area (Å²) in [6.07, 6.45) is 6.47. The zero-order valence-corrected chi connectivity index (χ0v) is 23.5. The van der Waals surface area contributed by atoms with Gasteiger partial charge in [0, 0.05) is 17.7 Å². The van der Waals surface area contributed by atoms with E-state index in [9.17, 15) is 24.3 Å². The molecule has 2 fully saturated rings. The number of fused-ring (bicyclic) bond motifs is 3. The quantitative estimate of drug-likeness (QED) is 0.468. The Balaban J connectivity index is 1.18. The number of piperidine rings is 2. The van der Waals surface area contributed by atoms with Crippen molar-refractivity contribution in [2.75, 3.05) is 19.6 Å². The summed E-state index contributed by atoms with van der Waals surface area (Å²) in [6, 6.07) is 13.5. The number of rotatable bonds is 8. The van der Waals surface area contributed by atoms with Crippen molar-refractivity contribution in [2.24, 2.45) is 0 Å². The minimum Gasteiger partial charge on any atom is -0.480 e. The number of amides is 2. The number of carboxylic acid groups (broad SMARTS) is 1. The van der Waals surface area contributed by atoms with Crippen LogP contribution in [0.25, 0.3) is 0 Å². The van der Waals surface area contributed by atoms with E-state index >= 15 is 0 Å². The van der Waals surface area contributed by atoms with E-state index in [0.29, 0.717) is 32.2 Å². The molecule has 9 heteroatoms. The summed E-state index contributed by atoms with van der Waals surface area (Å²) in [6.45, 7) is 2.46. The van der Waals surface area contributed by atoms with Crippen LogP contribution in [0.4, 0.5) is 0 Å². The van der Waals surface area contributed by atoms with Crippen LogP contribution in [0.2, 0.25) is 0 Å². The summed E-state index contributed by atoms with van der Waals surface area (Å²) in [4.78, 5) is 55.7. The molecule has 0 bridgehead atoms. The van der Waals surface area contributed by atoms with Crippen LogP contribution in [-0.4, -0.2) is 69.5 Å². The van der Waals surface area contributed by atoms with Crippen LogP contribution in [-0.2, 0) is 32.0 Å². The van der Waals surface area contributed by atoms with Crippen LogP contribution in [0.5, 0.6) is 0 Å². The average molecular weight is 564 g/mol. The van der Waals surface area contributed by atoms with Crippen molar-refractivity contribution in [3.05, 3.63) is 65.2 Å². The van der Waals surface area contributed by atoms with Gasteiger partial charge in [-0.2, -0.15) is 0 Å². The SMILES string of the molecule is O=C(CCc1ccc(SC(=O)CN2CCCCC2)cc1)N[C@@H]1Cc2ccccc2[C@@H]2CCC[C@H](C(=O)O)N2C1=O. The Bertz CT molecular complexity index is 1240. The molecule has 0 spiro atoms. The van der Waals surface area contributed by atoms with E-state index in [0.717, 1.165) is 53.9 Å². The molecule has 3 atom stereocenters. The Morgan fingerprint density at radius 1 is 0.950 bits per heavy atom. The minimum absolute atomic E-state index is 0.143. The van der Waals surface area contributed by atoms with Gasteiger partial charge in [0.15, 0.2) is 0 Å². The Morgan fingerprint density at radius 3 is 2.45 bits per heavy atom. The number of hydrogen-bond acceptors (Lipinski definition) is 6. The van der Waals surface area contributed by atoms with Gasteiger partial charge < -0.3 is 15.3 Å². The van der Waals surface area contributed by atoms with Crippen LogP contribution in [0.15, 0.2) is 53.4 Å². The van der Waals surface area contributed by atoms with Crippen molar-refractivity contribution in [1.29, 1.82) is 0 Å². The maximum absolute atomic E-state index is 13.6. The molecule has 3 aliphatic rings. The number of benzene rings is 2. The first kappa shape index (κ1) is 28.4. The number of carboxylic acids is 1. The van der Waals surface area contributed by atoms with Gasteiger partial charge in [-0.15, -0.1) is 0 Å². The third-order valence-electron chi connectivity index (χ3n) is 8.23. The van der Waals surface area contributed by atoms with Gasteiger partial charge in [-0.05, 0) is 80.4 Å².